The van der Waals surface area contributed by atoms with Gasteiger partial charge in [0.15, 0.2) is 0 Å². The highest BCUT2D eigenvalue weighted by atomic mass is 16.2. The number of hydrogen-bond donors (Lipinski definition) is 1. The molecule has 0 aliphatic heterocycles. The minimum absolute atomic E-state index is 0.266. The van der Waals surface area contributed by atoms with Crippen LogP contribution in [0.15, 0.2) is 82.9 Å². The molecule has 0 spiro atoms. The van der Waals surface area contributed by atoms with Crippen LogP contribution in [0.2, 0.25) is 0 Å². The lowest BCUT2D eigenvalue weighted by atomic mass is 10.1. The van der Waals surface area contributed by atoms with Crippen LogP contribution in [-0.2, 0) is 6.54 Å². The topological polar surface area (TPSA) is 83.4 Å². The first-order valence-corrected chi connectivity index (χ1v) is 11.0. The van der Waals surface area contributed by atoms with E-state index in [4.69, 9.17) is 0 Å². The average Bonchev–Trinajstić information content (AvgIpc) is 2.82. The van der Waals surface area contributed by atoms with Crippen LogP contribution in [-0.4, -0.2) is 39.3 Å². The van der Waals surface area contributed by atoms with E-state index < -0.39 is 0 Å². The number of nitrogens with zero attached hydrogens (tertiary/aromatic N) is 5. The summed E-state index contributed by atoms with van der Waals surface area (Å²) >= 11 is 0. The van der Waals surface area contributed by atoms with E-state index in [1.54, 1.807) is 24.5 Å². The summed E-state index contributed by atoms with van der Waals surface area (Å²) in [5.74, 6) is 0. The van der Waals surface area contributed by atoms with Crippen molar-refractivity contribution in [1.29, 1.82) is 0 Å². The second-order valence-electron chi connectivity index (χ2n) is 8.24. The Morgan fingerprint density at radius 1 is 1.09 bits per heavy atom. The number of urea groups is 1. The Labute approximate surface area is 200 Å². The van der Waals surface area contributed by atoms with E-state index in [1.165, 1.54) is 11.9 Å². The van der Waals surface area contributed by atoms with Crippen LogP contribution >= 0.6 is 0 Å². The molecule has 0 saturated carbocycles. The Hall–Kier alpha value is -4.13. The highest BCUT2D eigenvalue weighted by Crippen LogP contribution is 2.21. The summed E-state index contributed by atoms with van der Waals surface area (Å²) in [7, 11) is 1.72. The Morgan fingerprint density at radius 2 is 1.91 bits per heavy atom. The predicted molar refractivity (Wildman–Crippen MR) is 138 cm³/mol. The smallest absolute Gasteiger partial charge is 0.322 e. The largest absolute Gasteiger partial charge is 0.322 e. The molecule has 2 amide bonds. The van der Waals surface area contributed by atoms with Gasteiger partial charge in [-0.25, -0.2) is 19.8 Å². The van der Waals surface area contributed by atoms with Crippen molar-refractivity contribution in [2.45, 2.75) is 34.2 Å². The average molecular weight is 455 g/mol. The molecule has 0 saturated heterocycles. The van der Waals surface area contributed by atoms with Crippen LogP contribution < -0.4 is 5.32 Å². The summed E-state index contributed by atoms with van der Waals surface area (Å²) in [6, 6.07) is 11.4. The van der Waals surface area contributed by atoms with Gasteiger partial charge in [0.1, 0.15) is 6.33 Å². The van der Waals surface area contributed by atoms with Crippen molar-refractivity contribution in [3.8, 4) is 0 Å². The van der Waals surface area contributed by atoms with Crippen molar-refractivity contribution in [3.05, 3.63) is 94.9 Å². The van der Waals surface area contributed by atoms with Crippen molar-refractivity contribution in [2.24, 2.45) is 4.99 Å². The predicted octanol–water partition coefficient (Wildman–Crippen LogP) is 5.46. The number of rotatable bonds is 7. The van der Waals surface area contributed by atoms with Gasteiger partial charge in [-0.2, -0.15) is 0 Å². The number of carbonyl (C=O) groups excluding carboxylic acids is 1. The van der Waals surface area contributed by atoms with Gasteiger partial charge in [-0.3, -0.25) is 10.3 Å². The molecule has 3 rings (SSSR count). The monoisotopic (exact) mass is 454 g/mol. The van der Waals surface area contributed by atoms with Crippen LogP contribution in [0.4, 0.5) is 4.79 Å². The molecule has 3 aromatic rings. The standard InChI is InChI=1S/C27H30N6O/c1-19(2)9-10-20(3)26(15-22-11-12-25-24(14-22)21(4)29-17-30-25)31-18-32-27(34)33(5)16-23-8-6-7-13-28-23/h6-15,17-18H,16H2,1-5H3,(H,31,32,34)/b20-10+,26-15+. The number of hydrogen-bond acceptors (Lipinski definition) is 5. The van der Waals surface area contributed by atoms with Crippen LogP contribution in [0.5, 0.6) is 0 Å². The third-order valence-electron chi connectivity index (χ3n) is 5.10. The van der Waals surface area contributed by atoms with Gasteiger partial charge < -0.3 is 4.90 Å². The molecule has 34 heavy (non-hydrogen) atoms. The number of aromatic nitrogens is 3. The highest BCUT2D eigenvalue weighted by Gasteiger charge is 2.08. The molecule has 0 atom stereocenters. The molecule has 2 heterocycles. The van der Waals surface area contributed by atoms with Crippen molar-refractivity contribution in [2.75, 3.05) is 7.05 Å². The fourth-order valence-corrected chi connectivity index (χ4v) is 3.15. The summed E-state index contributed by atoms with van der Waals surface area (Å²) in [6.45, 7) is 8.45. The number of carbonyl (C=O) groups is 1. The molecule has 2 aromatic heterocycles. The number of nitrogens with one attached hydrogen (secondary N) is 1. The Bertz CT molecular complexity index is 1270. The summed E-state index contributed by atoms with van der Waals surface area (Å²) in [5, 5.41) is 3.74. The zero-order valence-corrected chi connectivity index (χ0v) is 20.3. The first-order chi connectivity index (χ1) is 16.3. The highest BCUT2D eigenvalue weighted by molar-refractivity contribution is 5.87. The van der Waals surface area contributed by atoms with E-state index in [9.17, 15) is 4.79 Å². The third kappa shape index (κ3) is 6.93. The van der Waals surface area contributed by atoms with E-state index >= 15 is 0 Å². The first-order valence-electron chi connectivity index (χ1n) is 11.0. The molecule has 174 valence electrons. The van der Waals surface area contributed by atoms with E-state index in [2.05, 4.69) is 25.3 Å². The number of allylic oxidation sites excluding steroid dienone is 4. The lowest BCUT2D eigenvalue weighted by Gasteiger charge is -2.15. The molecule has 0 unspecified atom stereocenters. The summed E-state index contributed by atoms with van der Waals surface area (Å²) < 4.78 is 0. The fourth-order valence-electron chi connectivity index (χ4n) is 3.15. The van der Waals surface area contributed by atoms with Crippen molar-refractivity contribution >= 4 is 29.3 Å². The van der Waals surface area contributed by atoms with Gasteiger partial charge in [-0.1, -0.05) is 29.9 Å². The Morgan fingerprint density at radius 3 is 2.65 bits per heavy atom. The molecular weight excluding hydrogens is 424 g/mol. The maximum atomic E-state index is 12.5. The Balaban J connectivity index is 1.82. The molecule has 0 bridgehead atoms. The molecule has 7 heteroatoms. The summed E-state index contributed by atoms with van der Waals surface area (Å²) in [5.41, 5.74) is 6.49. The summed E-state index contributed by atoms with van der Waals surface area (Å²) in [6.07, 6.45) is 10.7. The lowest BCUT2D eigenvalue weighted by molar-refractivity contribution is 0.212. The van der Waals surface area contributed by atoms with Gasteiger partial charge in [0.2, 0.25) is 0 Å². The first kappa shape index (κ1) is 24.5. The zero-order valence-electron chi connectivity index (χ0n) is 20.3. The Kier molecular flexibility index (Phi) is 8.40. The van der Waals surface area contributed by atoms with Crippen LogP contribution in [0.25, 0.3) is 17.0 Å². The molecule has 1 aromatic carbocycles. The minimum atomic E-state index is -0.266. The third-order valence-corrected chi connectivity index (χ3v) is 5.10. The molecule has 7 nitrogen and oxygen atoms in total. The number of amides is 2. The SMILES string of the molecule is CC(C)=C/C=C(C)/C(=C\c1ccc2ncnc(C)c2c1)/N=C/NC(=O)N(C)Cc1ccccn1. The van der Waals surface area contributed by atoms with Gasteiger partial charge in [0.25, 0.3) is 0 Å². The lowest BCUT2D eigenvalue weighted by Crippen LogP contribution is -2.36. The number of pyridine rings is 1. The van der Waals surface area contributed by atoms with Crippen molar-refractivity contribution in [3.63, 3.8) is 0 Å². The van der Waals surface area contributed by atoms with Gasteiger partial charge >= 0.3 is 6.03 Å². The number of aryl methyl sites for hydroxylation is 1. The maximum Gasteiger partial charge on any atom is 0.322 e. The van der Waals surface area contributed by atoms with Crippen LogP contribution in [0, 0.1) is 6.92 Å². The van der Waals surface area contributed by atoms with E-state index in [1.807, 2.05) is 82.3 Å². The van der Waals surface area contributed by atoms with Gasteiger partial charge in [0.05, 0.1) is 29.8 Å². The van der Waals surface area contributed by atoms with Crippen LogP contribution in [0.1, 0.15) is 37.7 Å². The van der Waals surface area contributed by atoms with Gasteiger partial charge in [-0.15, -0.1) is 0 Å². The molecule has 0 radical (unpaired) electrons. The molecule has 0 aliphatic carbocycles. The quantitative estimate of drug-likeness (QED) is 0.292. The van der Waals surface area contributed by atoms with E-state index in [0.29, 0.717) is 6.54 Å². The normalized spacial score (nSPS) is 12.1. The minimum Gasteiger partial charge on any atom is -0.322 e. The molecule has 1 N–H and O–H groups in total. The number of benzene rings is 1. The van der Waals surface area contributed by atoms with Gasteiger partial charge in [-0.05, 0) is 69.2 Å². The maximum absolute atomic E-state index is 12.5. The molecule has 0 fully saturated rings. The van der Waals surface area contributed by atoms with Crippen molar-refractivity contribution < 1.29 is 4.79 Å². The fraction of sp³-hybridized carbons (Fsp3) is 0.222. The van der Waals surface area contributed by atoms with Crippen molar-refractivity contribution in [1.82, 2.24) is 25.2 Å². The van der Waals surface area contributed by atoms with Crippen LogP contribution in [0.3, 0.4) is 0 Å². The van der Waals surface area contributed by atoms with Gasteiger partial charge in [0, 0.05) is 24.3 Å². The zero-order chi connectivity index (χ0) is 24.5. The number of fused-ring (bicyclic) bond motifs is 1. The number of aliphatic imine (C=N–C) groups is 1. The summed E-state index contributed by atoms with van der Waals surface area (Å²) in [4.78, 5) is 31.5. The van der Waals surface area contributed by atoms with E-state index in [0.717, 1.165) is 39.1 Å². The molecular formula is C27H30N6O. The molecule has 0 aliphatic rings. The second-order valence-corrected chi connectivity index (χ2v) is 8.24. The second kappa shape index (κ2) is 11.7. The van der Waals surface area contributed by atoms with E-state index in [-0.39, 0.29) is 6.03 Å².